The van der Waals surface area contributed by atoms with E-state index in [0.717, 1.165) is 25.8 Å². The quantitative estimate of drug-likeness (QED) is 0.629. The van der Waals surface area contributed by atoms with Gasteiger partial charge >= 0.3 is 0 Å². The maximum atomic E-state index is 11.9. The van der Waals surface area contributed by atoms with Crippen LogP contribution in [0.5, 0.6) is 0 Å². The third kappa shape index (κ3) is 4.54. The van der Waals surface area contributed by atoms with Crippen molar-refractivity contribution in [3.05, 3.63) is 0 Å². The van der Waals surface area contributed by atoms with Gasteiger partial charge in [-0.05, 0) is 38.3 Å². The molecule has 1 aliphatic rings. The first kappa shape index (κ1) is 14.9. The number of nitrogens with one attached hydrogen (secondary N) is 2. The Morgan fingerprint density at radius 2 is 2.00 bits per heavy atom. The van der Waals surface area contributed by atoms with Crippen molar-refractivity contribution in [3.8, 4) is 0 Å². The number of nitrogens with zero attached hydrogens (tertiary/aromatic N) is 1. The van der Waals surface area contributed by atoms with Crippen molar-refractivity contribution in [1.29, 1.82) is 0 Å². The van der Waals surface area contributed by atoms with Gasteiger partial charge in [0.15, 0.2) is 0 Å². The van der Waals surface area contributed by atoms with Crippen LogP contribution < -0.4 is 10.0 Å². The first-order valence-corrected chi connectivity index (χ1v) is 7.69. The second-order valence-electron chi connectivity index (χ2n) is 5.27. The summed E-state index contributed by atoms with van der Waals surface area (Å²) in [5.74, 6) is 0. The summed E-state index contributed by atoms with van der Waals surface area (Å²) in [4.78, 5) is 0. The minimum absolute atomic E-state index is 0.179. The van der Waals surface area contributed by atoms with Crippen LogP contribution in [0.1, 0.15) is 32.6 Å². The topological polar surface area (TPSA) is 61.4 Å². The zero-order valence-corrected chi connectivity index (χ0v) is 11.9. The molecule has 0 aromatic rings. The van der Waals surface area contributed by atoms with Gasteiger partial charge in [0.1, 0.15) is 0 Å². The van der Waals surface area contributed by atoms with Crippen molar-refractivity contribution in [2.75, 3.05) is 33.7 Å². The van der Waals surface area contributed by atoms with E-state index in [1.54, 1.807) is 7.05 Å². The molecule has 0 aromatic heterocycles. The molecule has 0 bridgehead atoms. The molecule has 0 radical (unpaired) electrons. The Morgan fingerprint density at radius 1 is 1.35 bits per heavy atom. The standard InChI is InChI=1S/C11H25N3O2S/c1-11(6-4-7-11)10-13-17(15,16)14(3)9-5-8-12-2/h12-13H,4-10H2,1-3H3. The monoisotopic (exact) mass is 263 g/mol. The third-order valence-corrected chi connectivity index (χ3v) is 5.06. The Morgan fingerprint density at radius 3 is 2.47 bits per heavy atom. The van der Waals surface area contributed by atoms with Crippen molar-refractivity contribution in [3.63, 3.8) is 0 Å². The van der Waals surface area contributed by atoms with Crippen molar-refractivity contribution in [1.82, 2.24) is 14.3 Å². The minimum atomic E-state index is -3.29. The maximum Gasteiger partial charge on any atom is 0.279 e. The second-order valence-corrected chi connectivity index (χ2v) is 7.13. The first-order valence-electron chi connectivity index (χ1n) is 6.25. The lowest BCUT2D eigenvalue weighted by Crippen LogP contribution is -2.45. The van der Waals surface area contributed by atoms with Crippen molar-refractivity contribution >= 4 is 10.2 Å². The van der Waals surface area contributed by atoms with Gasteiger partial charge in [0, 0.05) is 20.1 Å². The van der Waals surface area contributed by atoms with E-state index in [9.17, 15) is 8.42 Å². The fourth-order valence-corrected chi connectivity index (χ4v) is 3.05. The molecule has 17 heavy (non-hydrogen) atoms. The molecule has 0 atom stereocenters. The molecule has 0 spiro atoms. The predicted molar refractivity (Wildman–Crippen MR) is 70.1 cm³/mol. The molecular formula is C11H25N3O2S. The Balaban J connectivity index is 2.33. The average Bonchev–Trinajstić information content (AvgIpc) is 2.24. The van der Waals surface area contributed by atoms with Crippen LogP contribution in [0.25, 0.3) is 0 Å². The molecule has 0 aliphatic heterocycles. The van der Waals surface area contributed by atoms with Crippen LogP contribution in [-0.4, -0.2) is 46.5 Å². The van der Waals surface area contributed by atoms with Gasteiger partial charge in [-0.25, -0.2) is 4.72 Å². The molecular weight excluding hydrogens is 238 g/mol. The Labute approximate surface area is 105 Å². The van der Waals surface area contributed by atoms with Crippen LogP contribution in [0.2, 0.25) is 0 Å². The van der Waals surface area contributed by atoms with Gasteiger partial charge in [-0.3, -0.25) is 0 Å². The van der Waals surface area contributed by atoms with Gasteiger partial charge < -0.3 is 5.32 Å². The highest BCUT2D eigenvalue weighted by Gasteiger charge is 2.33. The maximum absolute atomic E-state index is 11.9. The molecule has 1 saturated carbocycles. The highest BCUT2D eigenvalue weighted by molar-refractivity contribution is 7.87. The SMILES string of the molecule is CNCCCN(C)S(=O)(=O)NCC1(C)CCC1. The van der Waals surface area contributed by atoms with Crippen LogP contribution in [-0.2, 0) is 10.2 Å². The molecule has 0 saturated heterocycles. The molecule has 0 amide bonds. The summed E-state index contributed by atoms with van der Waals surface area (Å²) < 4.78 is 27.9. The van der Waals surface area contributed by atoms with E-state index < -0.39 is 10.2 Å². The molecule has 0 aromatic carbocycles. The summed E-state index contributed by atoms with van der Waals surface area (Å²) in [7, 11) is 0.197. The summed E-state index contributed by atoms with van der Waals surface area (Å²) in [5.41, 5.74) is 0.179. The third-order valence-electron chi connectivity index (χ3n) is 3.55. The smallest absolute Gasteiger partial charge is 0.279 e. The van der Waals surface area contributed by atoms with Crippen LogP contribution in [0.3, 0.4) is 0 Å². The average molecular weight is 263 g/mol. The summed E-state index contributed by atoms with van der Waals surface area (Å²) >= 11 is 0. The second kappa shape index (κ2) is 6.13. The lowest BCUT2D eigenvalue weighted by atomic mass is 9.71. The highest BCUT2D eigenvalue weighted by atomic mass is 32.2. The molecule has 6 heteroatoms. The lowest BCUT2D eigenvalue weighted by Gasteiger charge is -2.38. The van der Waals surface area contributed by atoms with Gasteiger partial charge in [0.25, 0.3) is 10.2 Å². The molecule has 0 unspecified atom stereocenters. The van der Waals surface area contributed by atoms with Gasteiger partial charge in [-0.1, -0.05) is 13.3 Å². The van der Waals surface area contributed by atoms with Gasteiger partial charge in [0.05, 0.1) is 0 Å². The summed E-state index contributed by atoms with van der Waals surface area (Å²) in [6.07, 6.45) is 4.29. The van der Waals surface area contributed by atoms with E-state index in [2.05, 4.69) is 17.0 Å². The van der Waals surface area contributed by atoms with E-state index in [1.165, 1.54) is 10.7 Å². The molecule has 1 aliphatic carbocycles. The molecule has 2 N–H and O–H groups in total. The van der Waals surface area contributed by atoms with Crippen LogP contribution in [0.15, 0.2) is 0 Å². The normalized spacial score (nSPS) is 19.3. The largest absolute Gasteiger partial charge is 0.320 e. The van der Waals surface area contributed by atoms with Crippen molar-refractivity contribution in [2.24, 2.45) is 5.41 Å². The van der Waals surface area contributed by atoms with Crippen molar-refractivity contribution < 1.29 is 8.42 Å². The Hall–Kier alpha value is -0.170. The predicted octanol–water partition coefficient (Wildman–Crippen LogP) is 0.552. The Bertz CT molecular complexity index is 326. The van der Waals surface area contributed by atoms with E-state index in [1.807, 2.05) is 7.05 Å². The van der Waals surface area contributed by atoms with Crippen LogP contribution in [0, 0.1) is 5.41 Å². The van der Waals surface area contributed by atoms with E-state index in [-0.39, 0.29) is 5.41 Å². The number of hydrogen-bond donors (Lipinski definition) is 2. The highest BCUT2D eigenvalue weighted by Crippen LogP contribution is 2.39. The Kier molecular flexibility index (Phi) is 5.37. The van der Waals surface area contributed by atoms with Crippen LogP contribution in [0.4, 0.5) is 0 Å². The zero-order chi connectivity index (χ0) is 12.9. The molecule has 1 rings (SSSR count). The zero-order valence-electron chi connectivity index (χ0n) is 11.1. The lowest BCUT2D eigenvalue weighted by molar-refractivity contribution is 0.165. The summed E-state index contributed by atoms with van der Waals surface area (Å²) in [5, 5.41) is 3.01. The summed E-state index contributed by atoms with van der Waals surface area (Å²) in [6.45, 7) is 4.08. The number of hydrogen-bond acceptors (Lipinski definition) is 3. The molecule has 102 valence electrons. The molecule has 1 fully saturated rings. The van der Waals surface area contributed by atoms with E-state index in [4.69, 9.17) is 0 Å². The minimum Gasteiger partial charge on any atom is -0.320 e. The molecule has 5 nitrogen and oxygen atoms in total. The van der Waals surface area contributed by atoms with Gasteiger partial charge in [-0.15, -0.1) is 0 Å². The van der Waals surface area contributed by atoms with Gasteiger partial charge in [-0.2, -0.15) is 12.7 Å². The molecule has 0 heterocycles. The van der Waals surface area contributed by atoms with E-state index in [0.29, 0.717) is 13.1 Å². The fraction of sp³-hybridized carbons (Fsp3) is 1.00. The fourth-order valence-electron chi connectivity index (χ4n) is 1.93. The van der Waals surface area contributed by atoms with Crippen LogP contribution >= 0.6 is 0 Å². The first-order chi connectivity index (χ1) is 7.90. The number of rotatable bonds is 8. The van der Waals surface area contributed by atoms with Crippen molar-refractivity contribution in [2.45, 2.75) is 32.6 Å². The van der Waals surface area contributed by atoms with Gasteiger partial charge in [0.2, 0.25) is 0 Å². The summed E-state index contributed by atoms with van der Waals surface area (Å²) in [6, 6.07) is 0. The van der Waals surface area contributed by atoms with E-state index >= 15 is 0 Å².